The monoisotopic (exact) mass is 791 g/mol. The van der Waals surface area contributed by atoms with E-state index in [0.29, 0.717) is 17.9 Å². The lowest BCUT2D eigenvalue weighted by atomic mass is 9.85. The third-order valence-corrected chi connectivity index (χ3v) is 12.7. The zero-order chi connectivity index (χ0) is 41.8. The minimum atomic E-state index is 0.177. The molecule has 2 aromatic heterocycles. The van der Waals surface area contributed by atoms with Crippen molar-refractivity contribution in [1.29, 1.82) is 0 Å². The van der Waals surface area contributed by atoms with Crippen molar-refractivity contribution in [3.63, 3.8) is 0 Å². The molecule has 2 aliphatic heterocycles. The molecule has 8 nitrogen and oxygen atoms in total. The van der Waals surface area contributed by atoms with Crippen LogP contribution in [0.5, 0.6) is 0 Å². The van der Waals surface area contributed by atoms with Crippen LogP contribution in [0.2, 0.25) is 0 Å². The Kier molecular flexibility index (Phi) is 13.3. The second-order valence-corrected chi connectivity index (χ2v) is 17.7. The largest absolute Gasteiger partial charge is 0.363 e. The van der Waals surface area contributed by atoms with Gasteiger partial charge in [0.15, 0.2) is 0 Å². The Morgan fingerprint density at radius 3 is 1.42 bits per heavy atom. The molecule has 0 unspecified atom stereocenters. The number of piperidine rings is 2. The highest BCUT2D eigenvalue weighted by molar-refractivity contribution is 5.91. The van der Waals surface area contributed by atoms with Crippen molar-refractivity contribution in [2.45, 2.75) is 125 Å². The Labute approximate surface area is 353 Å². The Bertz CT molecular complexity index is 2390. The zero-order valence-corrected chi connectivity index (χ0v) is 37.2. The van der Waals surface area contributed by atoms with Crippen LogP contribution in [0.4, 0.5) is 11.6 Å². The molecule has 3 N–H and O–H groups in total. The smallest absolute Gasteiger partial charge is 0.138 e. The molecule has 8 heteroatoms. The molecule has 2 atom stereocenters. The van der Waals surface area contributed by atoms with Crippen LogP contribution in [-0.4, -0.2) is 57.1 Å². The predicted molar refractivity (Wildman–Crippen MR) is 248 cm³/mol. The molecule has 4 heterocycles. The van der Waals surface area contributed by atoms with Gasteiger partial charge < -0.3 is 20.9 Å². The molecular formula is C51H66N8. The summed E-state index contributed by atoms with van der Waals surface area (Å²) >= 11 is 0. The molecule has 4 aromatic carbocycles. The Morgan fingerprint density at radius 2 is 1.00 bits per heavy atom. The minimum absolute atomic E-state index is 0.177. The summed E-state index contributed by atoms with van der Waals surface area (Å²) in [5, 5.41) is 13.1. The van der Waals surface area contributed by atoms with Crippen LogP contribution in [0.15, 0.2) is 72.8 Å². The first-order valence-electron chi connectivity index (χ1n) is 22.0. The third-order valence-electron chi connectivity index (χ3n) is 12.7. The van der Waals surface area contributed by atoms with Crippen molar-refractivity contribution in [3.8, 4) is 0 Å². The van der Waals surface area contributed by atoms with E-state index >= 15 is 0 Å². The fourth-order valence-corrected chi connectivity index (χ4v) is 9.24. The number of nitrogens with one attached hydrogen (secondary N) is 3. The van der Waals surface area contributed by atoms with Crippen molar-refractivity contribution in [1.82, 2.24) is 30.2 Å². The van der Waals surface area contributed by atoms with Crippen molar-refractivity contribution < 1.29 is 0 Å². The second kappa shape index (κ2) is 18.6. The van der Waals surface area contributed by atoms with Gasteiger partial charge in [-0.3, -0.25) is 0 Å². The van der Waals surface area contributed by atoms with Gasteiger partial charge in [0.2, 0.25) is 0 Å². The zero-order valence-electron chi connectivity index (χ0n) is 37.2. The fraction of sp³-hybridized carbons (Fsp3) is 0.451. The maximum atomic E-state index is 4.81. The SMILES string of the molecule is Cc1cccc([C@@H](C)Nc2nc(C)nc3cc(C)c(C4CCN(C(C)C)CC4)cc23)c1.Cc1cccc([C@@H](C)Nc2nc(C)nc3cc(C)c(C4CCNCC4)cc23)c1. The molecule has 8 rings (SSSR count). The summed E-state index contributed by atoms with van der Waals surface area (Å²) in [6.45, 7) is 26.2. The van der Waals surface area contributed by atoms with Gasteiger partial charge >= 0.3 is 0 Å². The first-order chi connectivity index (χ1) is 28.3. The van der Waals surface area contributed by atoms with Crippen molar-refractivity contribution >= 4 is 33.4 Å². The standard InChI is InChI=1S/C27H36N4.C24H30N4/c1-17(2)31-12-10-22(11-13-31)24-16-25-26(15-19(24)4)29-21(6)30-27(25)28-20(5)23-9-7-8-18(3)14-23;1-15-6-5-7-20(12-15)17(3)26-24-22-14-21(19-8-10-25-11-9-19)16(2)13-23(22)27-18(4)28-24/h7-9,14-17,20,22H,10-13H2,1-6H3,(H,28,29,30);5-7,12-14,17,19,25H,8-11H2,1-4H3,(H,26,27,28)/t20-;17-/m11/s1. The third kappa shape index (κ3) is 10.1. The molecule has 310 valence electrons. The van der Waals surface area contributed by atoms with Crippen molar-refractivity contribution in [2.75, 3.05) is 36.8 Å². The molecular weight excluding hydrogens is 725 g/mol. The van der Waals surface area contributed by atoms with Gasteiger partial charge in [0.1, 0.15) is 23.3 Å². The summed E-state index contributed by atoms with van der Waals surface area (Å²) in [4.78, 5) is 21.6. The first-order valence-corrected chi connectivity index (χ1v) is 22.0. The number of fused-ring (bicyclic) bond motifs is 2. The first kappa shape index (κ1) is 42.2. The maximum Gasteiger partial charge on any atom is 0.138 e. The maximum absolute atomic E-state index is 4.81. The molecule has 0 spiro atoms. The van der Waals surface area contributed by atoms with E-state index in [2.05, 4.69) is 149 Å². The van der Waals surface area contributed by atoms with Gasteiger partial charge in [0, 0.05) is 28.9 Å². The highest BCUT2D eigenvalue weighted by Gasteiger charge is 2.25. The summed E-state index contributed by atoms with van der Waals surface area (Å²) < 4.78 is 0. The lowest BCUT2D eigenvalue weighted by Crippen LogP contribution is -2.37. The second-order valence-electron chi connectivity index (χ2n) is 17.7. The van der Waals surface area contributed by atoms with Crippen molar-refractivity contribution in [3.05, 3.63) is 129 Å². The van der Waals surface area contributed by atoms with Crippen LogP contribution in [0.1, 0.15) is 133 Å². The van der Waals surface area contributed by atoms with Gasteiger partial charge in [-0.05, 0) is 191 Å². The Hall–Kier alpha value is -4.92. The van der Waals surface area contributed by atoms with E-state index in [4.69, 9.17) is 19.9 Å². The van der Waals surface area contributed by atoms with Gasteiger partial charge in [-0.2, -0.15) is 0 Å². The Morgan fingerprint density at radius 1 is 0.559 bits per heavy atom. The fourth-order valence-electron chi connectivity index (χ4n) is 9.24. The molecule has 0 amide bonds. The highest BCUT2D eigenvalue weighted by atomic mass is 15.1. The van der Waals surface area contributed by atoms with Gasteiger partial charge in [0.25, 0.3) is 0 Å². The number of anilines is 2. The van der Waals surface area contributed by atoms with Gasteiger partial charge in [0.05, 0.1) is 11.0 Å². The summed E-state index contributed by atoms with van der Waals surface area (Å²) in [7, 11) is 0. The summed E-state index contributed by atoms with van der Waals surface area (Å²) in [5.74, 6) is 4.73. The molecule has 2 saturated heterocycles. The van der Waals surface area contributed by atoms with E-state index in [9.17, 15) is 0 Å². The van der Waals surface area contributed by atoms with Crippen LogP contribution in [0, 0.1) is 41.5 Å². The number of hydrogen-bond donors (Lipinski definition) is 3. The topological polar surface area (TPSA) is 90.9 Å². The van der Waals surface area contributed by atoms with Crippen LogP contribution < -0.4 is 16.0 Å². The predicted octanol–water partition coefficient (Wildman–Crippen LogP) is 11.5. The molecule has 6 aromatic rings. The number of aromatic nitrogens is 4. The lowest BCUT2D eigenvalue weighted by molar-refractivity contribution is 0.172. The lowest BCUT2D eigenvalue weighted by Gasteiger charge is -2.35. The Balaban J connectivity index is 0.000000180. The molecule has 2 aliphatic rings. The number of aryl methyl sites for hydroxylation is 6. The van der Waals surface area contributed by atoms with Gasteiger partial charge in [-0.25, -0.2) is 19.9 Å². The van der Waals surface area contributed by atoms with E-state index in [-0.39, 0.29) is 12.1 Å². The summed E-state index contributed by atoms with van der Waals surface area (Å²) in [6.07, 6.45) is 4.84. The molecule has 0 radical (unpaired) electrons. The minimum Gasteiger partial charge on any atom is -0.363 e. The van der Waals surface area contributed by atoms with E-state index < -0.39 is 0 Å². The van der Waals surface area contributed by atoms with E-state index in [1.165, 1.54) is 83.3 Å². The van der Waals surface area contributed by atoms with Crippen LogP contribution in [0.3, 0.4) is 0 Å². The van der Waals surface area contributed by atoms with E-state index in [1.807, 2.05) is 13.8 Å². The summed E-state index contributed by atoms with van der Waals surface area (Å²) in [6, 6.07) is 27.5. The number of hydrogen-bond acceptors (Lipinski definition) is 8. The number of nitrogens with zero attached hydrogens (tertiary/aromatic N) is 5. The molecule has 0 aliphatic carbocycles. The number of rotatable bonds is 9. The van der Waals surface area contributed by atoms with Crippen LogP contribution >= 0.6 is 0 Å². The molecule has 0 bridgehead atoms. The number of likely N-dealkylation sites (tertiary alicyclic amines) is 1. The van der Waals surface area contributed by atoms with Gasteiger partial charge in [-0.1, -0.05) is 59.7 Å². The quantitative estimate of drug-likeness (QED) is 0.133. The summed E-state index contributed by atoms with van der Waals surface area (Å²) in [5.41, 5.74) is 12.8. The van der Waals surface area contributed by atoms with Crippen LogP contribution in [0.25, 0.3) is 21.8 Å². The average Bonchev–Trinajstić information content (AvgIpc) is 3.21. The number of benzene rings is 4. The average molecular weight is 791 g/mol. The highest BCUT2D eigenvalue weighted by Crippen LogP contribution is 2.36. The van der Waals surface area contributed by atoms with E-state index in [1.54, 1.807) is 0 Å². The molecule has 59 heavy (non-hydrogen) atoms. The van der Waals surface area contributed by atoms with Gasteiger partial charge in [-0.15, -0.1) is 0 Å². The normalized spacial score (nSPS) is 16.5. The van der Waals surface area contributed by atoms with Crippen molar-refractivity contribution in [2.24, 2.45) is 0 Å². The molecule has 0 saturated carbocycles. The van der Waals surface area contributed by atoms with Crippen LogP contribution in [-0.2, 0) is 0 Å². The van der Waals surface area contributed by atoms with E-state index in [0.717, 1.165) is 58.2 Å². The molecule has 2 fully saturated rings.